The van der Waals surface area contributed by atoms with Gasteiger partial charge in [0.15, 0.2) is 11.5 Å². The molecule has 0 unspecified atom stereocenters. The second-order valence-electron chi connectivity index (χ2n) is 3.85. The second kappa shape index (κ2) is 4.37. The minimum Gasteiger partial charge on any atom is -0.507 e. The van der Waals surface area contributed by atoms with Crippen molar-refractivity contribution in [2.75, 3.05) is 0 Å². The third-order valence-electron chi connectivity index (χ3n) is 2.77. The Bertz CT molecular complexity index is 533. The second-order valence-corrected chi connectivity index (χ2v) is 3.85. The molecule has 0 bridgehead atoms. The Morgan fingerprint density at radius 3 is 2.18 bits per heavy atom. The average Bonchev–Trinajstić information content (AvgIpc) is 2.35. The van der Waals surface area contributed by atoms with Gasteiger partial charge in [-0.1, -0.05) is 37.3 Å². The van der Waals surface area contributed by atoms with Crippen molar-refractivity contribution in [1.82, 2.24) is 0 Å². The summed E-state index contributed by atoms with van der Waals surface area (Å²) in [6.07, 6.45) is 0.583. The lowest BCUT2D eigenvalue weighted by Crippen LogP contribution is -1.88. The minimum absolute atomic E-state index is 0.0222. The first-order valence-corrected chi connectivity index (χ1v) is 5.47. The van der Waals surface area contributed by atoms with Crippen molar-refractivity contribution < 1.29 is 15.3 Å². The van der Waals surface area contributed by atoms with Crippen molar-refractivity contribution in [3.63, 3.8) is 0 Å². The van der Waals surface area contributed by atoms with Crippen LogP contribution in [0, 0.1) is 0 Å². The van der Waals surface area contributed by atoms with Crippen molar-refractivity contribution in [2.24, 2.45) is 0 Å². The maximum atomic E-state index is 10.1. The van der Waals surface area contributed by atoms with Gasteiger partial charge in [0.25, 0.3) is 0 Å². The van der Waals surface area contributed by atoms with Gasteiger partial charge in [-0.15, -0.1) is 0 Å². The van der Waals surface area contributed by atoms with E-state index in [0.29, 0.717) is 17.5 Å². The molecule has 3 heteroatoms. The maximum Gasteiger partial charge on any atom is 0.169 e. The summed E-state index contributed by atoms with van der Waals surface area (Å²) in [4.78, 5) is 0. The van der Waals surface area contributed by atoms with Crippen LogP contribution < -0.4 is 0 Å². The quantitative estimate of drug-likeness (QED) is 0.549. The summed E-state index contributed by atoms with van der Waals surface area (Å²) in [7, 11) is 0. The van der Waals surface area contributed by atoms with Crippen LogP contribution in [0.2, 0.25) is 0 Å². The molecule has 0 aliphatic heterocycles. The van der Waals surface area contributed by atoms with E-state index in [1.54, 1.807) is 12.1 Å². The fourth-order valence-electron chi connectivity index (χ4n) is 1.85. The third-order valence-corrected chi connectivity index (χ3v) is 2.77. The number of phenolic OH excluding ortho intramolecular Hbond substituents is 3. The van der Waals surface area contributed by atoms with Crippen molar-refractivity contribution in [1.29, 1.82) is 0 Å². The molecule has 0 saturated carbocycles. The highest BCUT2D eigenvalue weighted by atomic mass is 16.3. The van der Waals surface area contributed by atoms with E-state index in [0.717, 1.165) is 0 Å². The minimum atomic E-state index is -0.286. The Hall–Kier alpha value is -2.16. The smallest absolute Gasteiger partial charge is 0.169 e. The van der Waals surface area contributed by atoms with Crippen LogP contribution in [0.25, 0.3) is 11.1 Å². The predicted octanol–water partition coefficient (Wildman–Crippen LogP) is 3.03. The van der Waals surface area contributed by atoms with Crippen LogP contribution in [0.1, 0.15) is 12.5 Å². The van der Waals surface area contributed by atoms with Gasteiger partial charge in [0.2, 0.25) is 0 Å². The molecule has 0 spiro atoms. The van der Waals surface area contributed by atoms with Crippen molar-refractivity contribution in [3.8, 4) is 28.4 Å². The number of hydrogen-bond donors (Lipinski definition) is 3. The van der Waals surface area contributed by atoms with Crippen LogP contribution in [0.4, 0.5) is 0 Å². The summed E-state index contributed by atoms with van der Waals surface area (Å²) in [6.45, 7) is 1.88. The third kappa shape index (κ3) is 1.91. The monoisotopic (exact) mass is 230 g/mol. The SMILES string of the molecule is CCc1cc(O)c(O)c(-c2ccccc2)c1O. The van der Waals surface area contributed by atoms with E-state index < -0.39 is 0 Å². The van der Waals surface area contributed by atoms with Crippen molar-refractivity contribution in [2.45, 2.75) is 13.3 Å². The molecule has 2 aromatic rings. The first-order valence-electron chi connectivity index (χ1n) is 5.47. The molecule has 0 amide bonds. The van der Waals surface area contributed by atoms with Crippen LogP contribution >= 0.6 is 0 Å². The predicted molar refractivity (Wildman–Crippen MR) is 66.3 cm³/mol. The van der Waals surface area contributed by atoms with Crippen LogP contribution in [0.3, 0.4) is 0 Å². The molecule has 2 rings (SSSR count). The molecule has 2 aromatic carbocycles. The van der Waals surface area contributed by atoms with Crippen LogP contribution in [-0.4, -0.2) is 15.3 Å². The average molecular weight is 230 g/mol. The molecule has 0 atom stereocenters. The van der Waals surface area contributed by atoms with E-state index in [9.17, 15) is 15.3 Å². The Labute approximate surface area is 99.6 Å². The molecule has 0 saturated heterocycles. The lowest BCUT2D eigenvalue weighted by molar-refractivity contribution is 0.397. The Balaban J connectivity index is 2.72. The first kappa shape index (κ1) is 11.3. The van der Waals surface area contributed by atoms with Gasteiger partial charge < -0.3 is 15.3 Å². The van der Waals surface area contributed by atoms with Crippen molar-refractivity contribution >= 4 is 0 Å². The highest BCUT2D eigenvalue weighted by molar-refractivity contribution is 5.80. The normalized spacial score (nSPS) is 10.4. The molecule has 0 fully saturated rings. The lowest BCUT2D eigenvalue weighted by atomic mass is 9.98. The van der Waals surface area contributed by atoms with Crippen molar-refractivity contribution in [3.05, 3.63) is 42.0 Å². The fourth-order valence-corrected chi connectivity index (χ4v) is 1.85. The Morgan fingerprint density at radius 1 is 0.941 bits per heavy atom. The molecule has 3 N–H and O–H groups in total. The van der Waals surface area contributed by atoms with E-state index >= 15 is 0 Å². The zero-order valence-corrected chi connectivity index (χ0v) is 9.51. The summed E-state index contributed by atoms with van der Waals surface area (Å²) < 4.78 is 0. The molecule has 0 aliphatic rings. The summed E-state index contributed by atoms with van der Waals surface area (Å²) >= 11 is 0. The molecular weight excluding hydrogens is 216 g/mol. The molecule has 0 radical (unpaired) electrons. The van der Waals surface area contributed by atoms with Gasteiger partial charge in [-0.3, -0.25) is 0 Å². The number of phenols is 3. The molecule has 0 aromatic heterocycles. The van der Waals surface area contributed by atoms with E-state index in [-0.39, 0.29) is 22.8 Å². The molecular formula is C14H14O3. The standard InChI is InChI=1S/C14H14O3/c1-2-9-8-11(15)14(17)12(13(9)16)10-6-4-3-5-7-10/h3-8,15-17H,2H2,1H3. The van der Waals surface area contributed by atoms with Crippen LogP contribution in [-0.2, 0) is 6.42 Å². The topological polar surface area (TPSA) is 60.7 Å². The van der Waals surface area contributed by atoms with E-state index in [1.807, 2.05) is 25.1 Å². The first-order chi connectivity index (χ1) is 8.15. The largest absolute Gasteiger partial charge is 0.507 e. The molecule has 17 heavy (non-hydrogen) atoms. The molecule has 0 aliphatic carbocycles. The number of aryl methyl sites for hydroxylation is 1. The fraction of sp³-hybridized carbons (Fsp3) is 0.143. The summed E-state index contributed by atoms with van der Waals surface area (Å²) in [6, 6.07) is 10.4. The maximum absolute atomic E-state index is 10.1. The molecule has 88 valence electrons. The zero-order chi connectivity index (χ0) is 12.4. The number of rotatable bonds is 2. The van der Waals surface area contributed by atoms with E-state index in [2.05, 4.69) is 0 Å². The zero-order valence-electron chi connectivity index (χ0n) is 9.51. The van der Waals surface area contributed by atoms with Crippen LogP contribution in [0.15, 0.2) is 36.4 Å². The van der Waals surface area contributed by atoms with E-state index in [1.165, 1.54) is 6.07 Å². The lowest BCUT2D eigenvalue weighted by Gasteiger charge is -2.12. The van der Waals surface area contributed by atoms with Gasteiger partial charge >= 0.3 is 0 Å². The van der Waals surface area contributed by atoms with Crippen LogP contribution in [0.5, 0.6) is 17.2 Å². The highest BCUT2D eigenvalue weighted by Crippen LogP contribution is 2.45. The summed E-state index contributed by atoms with van der Waals surface area (Å²) in [5.74, 6) is -0.474. The molecule has 0 heterocycles. The number of aromatic hydroxyl groups is 3. The Kier molecular flexibility index (Phi) is 2.91. The summed E-state index contributed by atoms with van der Waals surface area (Å²) in [5.41, 5.74) is 1.56. The van der Waals surface area contributed by atoms with Gasteiger partial charge in [-0.25, -0.2) is 0 Å². The number of hydrogen-bond acceptors (Lipinski definition) is 3. The summed E-state index contributed by atoms with van der Waals surface area (Å²) in [5, 5.41) is 29.6. The van der Waals surface area contributed by atoms with Gasteiger partial charge in [0, 0.05) is 0 Å². The van der Waals surface area contributed by atoms with Gasteiger partial charge in [-0.05, 0) is 23.6 Å². The molecule has 3 nitrogen and oxygen atoms in total. The van der Waals surface area contributed by atoms with Gasteiger partial charge in [-0.2, -0.15) is 0 Å². The highest BCUT2D eigenvalue weighted by Gasteiger charge is 2.17. The van der Waals surface area contributed by atoms with Gasteiger partial charge in [0.1, 0.15) is 5.75 Å². The number of benzene rings is 2. The Morgan fingerprint density at radius 2 is 1.59 bits per heavy atom. The van der Waals surface area contributed by atoms with Gasteiger partial charge in [0.05, 0.1) is 5.56 Å². The van der Waals surface area contributed by atoms with E-state index in [4.69, 9.17) is 0 Å².